The smallest absolute Gasteiger partial charge is 0.238 e. The molecule has 0 aliphatic heterocycles. The molecule has 0 spiro atoms. The fourth-order valence-corrected chi connectivity index (χ4v) is 2.60. The van der Waals surface area contributed by atoms with E-state index in [2.05, 4.69) is 19.2 Å². The number of anilines is 1. The lowest BCUT2D eigenvalue weighted by atomic mass is 10.0. The summed E-state index contributed by atoms with van der Waals surface area (Å²) in [7, 11) is 1.90. The lowest BCUT2D eigenvalue weighted by Gasteiger charge is -2.18. The minimum absolute atomic E-state index is 0.0258. The molecule has 0 saturated heterocycles. The number of para-hydroxylation sites is 1. The standard InChI is InChI=1S/C20H25ClN2O2/c1-15(2)18-6-4-5-7-19(18)22-20(24)14-23(3)12-13-25-17-10-8-16(21)9-11-17/h4-11,15H,12-14H2,1-3H3,(H,22,24). The van der Waals surface area contributed by atoms with Gasteiger partial charge in [-0.25, -0.2) is 0 Å². The molecule has 2 aromatic carbocycles. The van der Waals surface area contributed by atoms with Gasteiger partial charge in [0.2, 0.25) is 5.91 Å². The van der Waals surface area contributed by atoms with Crippen molar-refractivity contribution in [2.75, 3.05) is 32.1 Å². The zero-order valence-electron chi connectivity index (χ0n) is 15.0. The van der Waals surface area contributed by atoms with E-state index in [0.29, 0.717) is 30.6 Å². The van der Waals surface area contributed by atoms with Gasteiger partial charge in [0.1, 0.15) is 12.4 Å². The monoisotopic (exact) mass is 360 g/mol. The second kappa shape index (κ2) is 9.44. The summed E-state index contributed by atoms with van der Waals surface area (Å²) in [5.74, 6) is 1.11. The van der Waals surface area contributed by atoms with E-state index in [4.69, 9.17) is 16.3 Å². The average molecular weight is 361 g/mol. The highest BCUT2D eigenvalue weighted by molar-refractivity contribution is 6.30. The topological polar surface area (TPSA) is 41.6 Å². The van der Waals surface area contributed by atoms with Crippen LogP contribution in [0.5, 0.6) is 5.75 Å². The molecule has 2 rings (SSSR count). The molecule has 1 N–H and O–H groups in total. The Kier molecular flexibility index (Phi) is 7.29. The number of hydrogen-bond acceptors (Lipinski definition) is 3. The van der Waals surface area contributed by atoms with Crippen molar-refractivity contribution in [3.8, 4) is 5.75 Å². The maximum atomic E-state index is 12.3. The Labute approximate surface area is 154 Å². The van der Waals surface area contributed by atoms with Crippen LogP contribution < -0.4 is 10.1 Å². The Bertz CT molecular complexity index is 686. The predicted molar refractivity (Wildman–Crippen MR) is 104 cm³/mol. The van der Waals surface area contributed by atoms with E-state index in [1.165, 1.54) is 0 Å². The van der Waals surface area contributed by atoms with E-state index >= 15 is 0 Å². The normalized spacial score (nSPS) is 11.0. The lowest BCUT2D eigenvalue weighted by molar-refractivity contribution is -0.117. The molecule has 0 aliphatic carbocycles. The Balaban J connectivity index is 1.77. The van der Waals surface area contributed by atoms with Crippen molar-refractivity contribution < 1.29 is 9.53 Å². The number of hydrogen-bond donors (Lipinski definition) is 1. The zero-order chi connectivity index (χ0) is 18.2. The molecule has 1 amide bonds. The van der Waals surface area contributed by atoms with E-state index < -0.39 is 0 Å². The maximum Gasteiger partial charge on any atom is 0.238 e. The molecule has 5 heteroatoms. The van der Waals surface area contributed by atoms with Crippen molar-refractivity contribution in [3.05, 3.63) is 59.1 Å². The third kappa shape index (κ3) is 6.40. The van der Waals surface area contributed by atoms with Crippen LogP contribution in [0.15, 0.2) is 48.5 Å². The molecular formula is C20H25ClN2O2. The SMILES string of the molecule is CC(C)c1ccccc1NC(=O)CN(C)CCOc1ccc(Cl)cc1. The van der Waals surface area contributed by atoms with Crippen molar-refractivity contribution >= 4 is 23.2 Å². The van der Waals surface area contributed by atoms with Crippen molar-refractivity contribution in [2.45, 2.75) is 19.8 Å². The number of amides is 1. The molecule has 25 heavy (non-hydrogen) atoms. The fraction of sp³-hybridized carbons (Fsp3) is 0.350. The van der Waals surface area contributed by atoms with Gasteiger partial charge in [0.05, 0.1) is 6.54 Å². The van der Waals surface area contributed by atoms with Crippen molar-refractivity contribution in [1.29, 1.82) is 0 Å². The first-order chi connectivity index (χ1) is 12.0. The van der Waals surface area contributed by atoms with Gasteiger partial charge in [-0.3, -0.25) is 9.69 Å². The van der Waals surface area contributed by atoms with Gasteiger partial charge in [0.25, 0.3) is 0 Å². The van der Waals surface area contributed by atoms with Crippen LogP contribution in [0.25, 0.3) is 0 Å². The van der Waals surface area contributed by atoms with Gasteiger partial charge in [0.15, 0.2) is 0 Å². The summed E-state index contributed by atoms with van der Waals surface area (Å²) in [5.41, 5.74) is 2.03. The maximum absolute atomic E-state index is 12.3. The fourth-order valence-electron chi connectivity index (χ4n) is 2.48. The van der Waals surface area contributed by atoms with Crippen molar-refractivity contribution in [3.63, 3.8) is 0 Å². The molecule has 4 nitrogen and oxygen atoms in total. The van der Waals surface area contributed by atoms with Crippen LogP contribution in [0.4, 0.5) is 5.69 Å². The van der Waals surface area contributed by atoms with Gasteiger partial charge >= 0.3 is 0 Å². The number of ether oxygens (including phenoxy) is 1. The van der Waals surface area contributed by atoms with Crippen LogP contribution in [0.2, 0.25) is 5.02 Å². The molecule has 2 aromatic rings. The van der Waals surface area contributed by atoms with Crippen LogP contribution in [0, 0.1) is 0 Å². The van der Waals surface area contributed by atoms with E-state index in [9.17, 15) is 4.79 Å². The van der Waals surface area contributed by atoms with Gasteiger partial charge in [-0.2, -0.15) is 0 Å². The summed E-state index contributed by atoms with van der Waals surface area (Å²) in [4.78, 5) is 14.2. The molecule has 0 atom stereocenters. The summed E-state index contributed by atoms with van der Waals surface area (Å²) in [6.45, 7) is 5.71. The molecule has 0 fully saturated rings. The number of nitrogens with one attached hydrogen (secondary N) is 1. The summed E-state index contributed by atoms with van der Waals surface area (Å²) < 4.78 is 5.65. The third-order valence-electron chi connectivity index (χ3n) is 3.83. The third-order valence-corrected chi connectivity index (χ3v) is 4.08. The number of likely N-dealkylation sites (N-methyl/N-ethyl adjacent to an activating group) is 1. The lowest BCUT2D eigenvalue weighted by Crippen LogP contribution is -2.33. The van der Waals surface area contributed by atoms with E-state index in [-0.39, 0.29) is 5.91 Å². The number of carbonyl (C=O) groups is 1. The summed E-state index contributed by atoms with van der Waals surface area (Å²) in [6.07, 6.45) is 0. The Morgan fingerprint density at radius 1 is 1.16 bits per heavy atom. The van der Waals surface area contributed by atoms with E-state index in [1.807, 2.05) is 48.3 Å². The Hall–Kier alpha value is -2.04. The summed E-state index contributed by atoms with van der Waals surface area (Å²) >= 11 is 5.84. The number of nitrogens with zero attached hydrogens (tertiary/aromatic N) is 1. The van der Waals surface area contributed by atoms with Crippen molar-refractivity contribution in [2.24, 2.45) is 0 Å². The number of benzene rings is 2. The van der Waals surface area contributed by atoms with E-state index in [0.717, 1.165) is 17.0 Å². The quantitative estimate of drug-likeness (QED) is 0.758. The average Bonchev–Trinajstić information content (AvgIpc) is 2.57. The molecule has 0 bridgehead atoms. The second-order valence-corrected chi connectivity index (χ2v) is 6.77. The van der Waals surface area contributed by atoms with Crippen LogP contribution in [-0.2, 0) is 4.79 Å². The van der Waals surface area contributed by atoms with Gasteiger partial charge < -0.3 is 10.1 Å². The minimum Gasteiger partial charge on any atom is -0.492 e. The molecule has 0 heterocycles. The summed E-state index contributed by atoms with van der Waals surface area (Å²) in [6, 6.07) is 15.2. The highest BCUT2D eigenvalue weighted by Crippen LogP contribution is 2.23. The first-order valence-electron chi connectivity index (χ1n) is 8.41. The van der Waals surface area contributed by atoms with Crippen LogP contribution in [-0.4, -0.2) is 37.6 Å². The van der Waals surface area contributed by atoms with Crippen LogP contribution in [0.3, 0.4) is 0 Å². The molecule has 0 aromatic heterocycles. The van der Waals surface area contributed by atoms with Gasteiger partial charge in [0, 0.05) is 17.3 Å². The predicted octanol–water partition coefficient (Wildman–Crippen LogP) is 4.41. The largest absolute Gasteiger partial charge is 0.492 e. The van der Waals surface area contributed by atoms with Gasteiger partial charge in [-0.05, 0) is 48.9 Å². The number of rotatable bonds is 8. The van der Waals surface area contributed by atoms with E-state index in [1.54, 1.807) is 12.1 Å². The molecule has 134 valence electrons. The molecule has 0 radical (unpaired) electrons. The minimum atomic E-state index is -0.0258. The molecular weight excluding hydrogens is 336 g/mol. The Morgan fingerprint density at radius 2 is 1.84 bits per heavy atom. The summed E-state index contributed by atoms with van der Waals surface area (Å²) in [5, 5.41) is 3.68. The molecule has 0 unspecified atom stereocenters. The zero-order valence-corrected chi connectivity index (χ0v) is 15.7. The number of carbonyl (C=O) groups excluding carboxylic acids is 1. The molecule has 0 saturated carbocycles. The first kappa shape index (κ1) is 19.3. The number of halogens is 1. The molecule has 0 aliphatic rings. The highest BCUT2D eigenvalue weighted by atomic mass is 35.5. The highest BCUT2D eigenvalue weighted by Gasteiger charge is 2.11. The second-order valence-electron chi connectivity index (χ2n) is 6.33. The Morgan fingerprint density at radius 3 is 2.52 bits per heavy atom. The van der Waals surface area contributed by atoms with Crippen LogP contribution in [0.1, 0.15) is 25.3 Å². The van der Waals surface area contributed by atoms with Crippen molar-refractivity contribution in [1.82, 2.24) is 4.90 Å². The van der Waals surface area contributed by atoms with Crippen LogP contribution >= 0.6 is 11.6 Å². The first-order valence-corrected chi connectivity index (χ1v) is 8.79. The van der Waals surface area contributed by atoms with Gasteiger partial charge in [-0.1, -0.05) is 43.6 Å². The van der Waals surface area contributed by atoms with Gasteiger partial charge in [-0.15, -0.1) is 0 Å².